The highest BCUT2D eigenvalue weighted by Gasteiger charge is 2.10. The zero-order chi connectivity index (χ0) is 18.0. The van der Waals surface area contributed by atoms with Crippen LogP contribution >= 0.6 is 0 Å². The molecule has 0 atom stereocenters. The third kappa shape index (κ3) is 5.99. The van der Waals surface area contributed by atoms with Crippen LogP contribution in [0.5, 0.6) is 5.75 Å². The Hall–Kier alpha value is -2.14. The van der Waals surface area contributed by atoms with Crippen LogP contribution < -0.4 is 10.1 Å². The summed E-state index contributed by atoms with van der Waals surface area (Å²) in [5, 5.41) is 3.50. The van der Waals surface area contributed by atoms with Gasteiger partial charge in [-0.15, -0.1) is 0 Å². The van der Waals surface area contributed by atoms with Crippen molar-refractivity contribution in [2.24, 2.45) is 0 Å². The summed E-state index contributed by atoms with van der Waals surface area (Å²) in [4.78, 5) is 2.44. The van der Waals surface area contributed by atoms with E-state index in [-0.39, 0.29) is 0 Å². The maximum absolute atomic E-state index is 5.50. The summed E-state index contributed by atoms with van der Waals surface area (Å²) in [5.74, 6) is 0.879. The van der Waals surface area contributed by atoms with E-state index < -0.39 is 0 Å². The molecule has 0 amide bonds. The van der Waals surface area contributed by atoms with Gasteiger partial charge in [-0.2, -0.15) is 0 Å². The monoisotopic (exact) mass is 352 g/mol. The van der Waals surface area contributed by atoms with Crippen LogP contribution in [-0.2, 0) is 24.4 Å². The van der Waals surface area contributed by atoms with Gasteiger partial charge < -0.3 is 14.8 Å². The average molecular weight is 352 g/mol. The van der Waals surface area contributed by atoms with Gasteiger partial charge in [-0.1, -0.05) is 49.1 Å². The fourth-order valence-electron chi connectivity index (χ4n) is 2.99. The summed E-state index contributed by atoms with van der Waals surface area (Å²) in [7, 11) is 0. The van der Waals surface area contributed by atoms with Crippen molar-refractivity contribution >= 4 is 0 Å². The molecular weight excluding hydrogens is 324 g/mol. The molecule has 0 spiro atoms. The lowest BCUT2D eigenvalue weighted by Crippen LogP contribution is -2.35. The molecule has 4 nitrogen and oxygen atoms in total. The minimum atomic E-state index is 0.541. The Kier molecular flexibility index (Phi) is 7.25. The third-order valence-corrected chi connectivity index (χ3v) is 4.48. The molecule has 1 aliphatic heterocycles. The quantitative estimate of drug-likeness (QED) is 0.702. The van der Waals surface area contributed by atoms with E-state index in [9.17, 15) is 0 Å². The first-order valence-corrected chi connectivity index (χ1v) is 9.25. The zero-order valence-corrected chi connectivity index (χ0v) is 15.3. The molecule has 4 heteroatoms. The minimum absolute atomic E-state index is 0.541. The van der Waals surface area contributed by atoms with E-state index in [2.05, 4.69) is 53.2 Å². The Labute approximate surface area is 156 Å². The van der Waals surface area contributed by atoms with Crippen LogP contribution in [0.15, 0.2) is 61.2 Å². The van der Waals surface area contributed by atoms with Crippen LogP contribution in [0.3, 0.4) is 0 Å². The van der Waals surface area contributed by atoms with Gasteiger partial charge in [-0.25, -0.2) is 0 Å². The van der Waals surface area contributed by atoms with E-state index in [1.807, 2.05) is 12.1 Å². The van der Waals surface area contributed by atoms with E-state index in [0.717, 1.165) is 51.7 Å². The average Bonchev–Trinajstić information content (AvgIpc) is 2.69. The number of nitrogens with one attached hydrogen (secondary N) is 1. The lowest BCUT2D eigenvalue weighted by atomic mass is 10.1. The summed E-state index contributed by atoms with van der Waals surface area (Å²) in [6.07, 6.45) is 1.75. The Morgan fingerprint density at radius 1 is 0.923 bits per heavy atom. The second kappa shape index (κ2) is 10.1. The number of hydrogen-bond donors (Lipinski definition) is 1. The maximum atomic E-state index is 5.50. The van der Waals surface area contributed by atoms with E-state index in [4.69, 9.17) is 9.47 Å². The van der Waals surface area contributed by atoms with Gasteiger partial charge in [0, 0.05) is 32.7 Å². The van der Waals surface area contributed by atoms with Crippen LogP contribution in [0.2, 0.25) is 0 Å². The molecule has 3 rings (SSSR count). The molecule has 0 radical (unpaired) electrons. The smallest absolute Gasteiger partial charge is 0.119 e. The van der Waals surface area contributed by atoms with Crippen LogP contribution in [-0.4, -0.2) is 37.8 Å². The first kappa shape index (κ1) is 18.6. The molecule has 0 unspecified atom stereocenters. The van der Waals surface area contributed by atoms with Gasteiger partial charge in [0.25, 0.3) is 0 Å². The SMILES string of the molecule is C=CCOc1ccc(CNCc2ccc(CN3CCOCC3)cc2)cc1. The van der Waals surface area contributed by atoms with E-state index in [0.29, 0.717) is 6.61 Å². The third-order valence-electron chi connectivity index (χ3n) is 4.48. The largest absolute Gasteiger partial charge is 0.490 e. The van der Waals surface area contributed by atoms with Crippen LogP contribution in [0.25, 0.3) is 0 Å². The predicted octanol–water partition coefficient (Wildman–Crippen LogP) is 3.37. The molecule has 0 bridgehead atoms. The fraction of sp³-hybridized carbons (Fsp3) is 0.364. The van der Waals surface area contributed by atoms with Crippen molar-refractivity contribution in [1.82, 2.24) is 10.2 Å². The maximum Gasteiger partial charge on any atom is 0.119 e. The number of benzene rings is 2. The van der Waals surface area contributed by atoms with Crippen molar-refractivity contribution in [2.45, 2.75) is 19.6 Å². The molecule has 1 heterocycles. The van der Waals surface area contributed by atoms with Gasteiger partial charge in [0.2, 0.25) is 0 Å². The molecule has 1 aliphatic rings. The molecule has 1 fully saturated rings. The zero-order valence-electron chi connectivity index (χ0n) is 15.3. The summed E-state index contributed by atoms with van der Waals surface area (Å²) in [6, 6.07) is 17.1. The summed E-state index contributed by atoms with van der Waals surface area (Å²) >= 11 is 0. The molecule has 2 aromatic carbocycles. The molecule has 1 saturated heterocycles. The molecule has 138 valence electrons. The summed E-state index contributed by atoms with van der Waals surface area (Å²) < 4.78 is 10.9. The molecule has 0 aromatic heterocycles. The molecular formula is C22H28N2O2. The predicted molar refractivity (Wildman–Crippen MR) is 105 cm³/mol. The van der Waals surface area contributed by atoms with Gasteiger partial charge in [0.05, 0.1) is 13.2 Å². The number of rotatable bonds is 9. The highest BCUT2D eigenvalue weighted by molar-refractivity contribution is 5.27. The van der Waals surface area contributed by atoms with E-state index >= 15 is 0 Å². The van der Waals surface area contributed by atoms with Crippen LogP contribution in [0, 0.1) is 0 Å². The second-order valence-corrected chi connectivity index (χ2v) is 6.55. The number of ether oxygens (including phenoxy) is 2. The van der Waals surface area contributed by atoms with Gasteiger partial charge in [0.1, 0.15) is 12.4 Å². The first-order chi connectivity index (χ1) is 12.8. The van der Waals surface area contributed by atoms with Crippen molar-refractivity contribution in [2.75, 3.05) is 32.9 Å². The normalized spacial score (nSPS) is 14.9. The van der Waals surface area contributed by atoms with E-state index in [1.54, 1.807) is 6.08 Å². The van der Waals surface area contributed by atoms with Gasteiger partial charge >= 0.3 is 0 Å². The van der Waals surface area contributed by atoms with Crippen molar-refractivity contribution in [1.29, 1.82) is 0 Å². The van der Waals surface area contributed by atoms with Crippen molar-refractivity contribution in [3.05, 3.63) is 77.9 Å². The molecule has 0 saturated carbocycles. The summed E-state index contributed by atoms with van der Waals surface area (Å²) in [5.41, 5.74) is 3.92. The molecule has 0 aliphatic carbocycles. The molecule has 2 aromatic rings. The fourth-order valence-corrected chi connectivity index (χ4v) is 2.99. The number of morpholine rings is 1. The second-order valence-electron chi connectivity index (χ2n) is 6.55. The number of nitrogens with zero attached hydrogens (tertiary/aromatic N) is 1. The van der Waals surface area contributed by atoms with Gasteiger partial charge in [-0.3, -0.25) is 4.90 Å². The lowest BCUT2D eigenvalue weighted by molar-refractivity contribution is 0.0342. The molecule has 26 heavy (non-hydrogen) atoms. The number of hydrogen-bond acceptors (Lipinski definition) is 4. The topological polar surface area (TPSA) is 33.7 Å². The Bertz CT molecular complexity index is 662. The lowest BCUT2D eigenvalue weighted by Gasteiger charge is -2.26. The van der Waals surface area contributed by atoms with Crippen molar-refractivity contribution < 1.29 is 9.47 Å². The Morgan fingerprint density at radius 2 is 1.50 bits per heavy atom. The minimum Gasteiger partial charge on any atom is -0.490 e. The Balaban J connectivity index is 1.41. The van der Waals surface area contributed by atoms with Crippen molar-refractivity contribution in [3.8, 4) is 5.75 Å². The van der Waals surface area contributed by atoms with E-state index in [1.165, 1.54) is 16.7 Å². The summed E-state index contributed by atoms with van der Waals surface area (Å²) in [6.45, 7) is 10.7. The molecule has 1 N–H and O–H groups in total. The standard InChI is InChI=1S/C22H28N2O2/c1-2-13-26-22-9-7-20(8-10-22)17-23-16-19-3-5-21(6-4-19)18-24-11-14-25-15-12-24/h2-10,23H,1,11-18H2. The highest BCUT2D eigenvalue weighted by Crippen LogP contribution is 2.13. The highest BCUT2D eigenvalue weighted by atomic mass is 16.5. The van der Waals surface area contributed by atoms with Crippen LogP contribution in [0.4, 0.5) is 0 Å². The van der Waals surface area contributed by atoms with Crippen LogP contribution in [0.1, 0.15) is 16.7 Å². The van der Waals surface area contributed by atoms with Gasteiger partial charge in [0.15, 0.2) is 0 Å². The Morgan fingerprint density at radius 3 is 2.12 bits per heavy atom. The van der Waals surface area contributed by atoms with Gasteiger partial charge in [-0.05, 0) is 28.8 Å². The van der Waals surface area contributed by atoms with Crippen molar-refractivity contribution in [3.63, 3.8) is 0 Å². The first-order valence-electron chi connectivity index (χ1n) is 9.25.